The van der Waals surface area contributed by atoms with Crippen molar-refractivity contribution in [1.29, 1.82) is 0 Å². The maximum atomic E-state index is 5.66. The molecule has 3 rings (SSSR count). The van der Waals surface area contributed by atoms with Crippen LogP contribution in [0.1, 0.15) is 11.3 Å². The third kappa shape index (κ3) is 3.29. The first-order valence-corrected chi connectivity index (χ1v) is 6.70. The first-order chi connectivity index (χ1) is 10.3. The number of rotatable bonds is 1. The second-order valence-electron chi connectivity index (χ2n) is 4.67. The molecule has 21 heavy (non-hydrogen) atoms. The first-order valence-electron chi connectivity index (χ1n) is 6.70. The van der Waals surface area contributed by atoms with Gasteiger partial charge in [0.15, 0.2) is 0 Å². The van der Waals surface area contributed by atoms with Gasteiger partial charge in [0.1, 0.15) is 5.69 Å². The molecule has 1 heterocycles. The van der Waals surface area contributed by atoms with Crippen molar-refractivity contribution in [2.45, 2.75) is 0 Å². The van der Waals surface area contributed by atoms with Crippen LogP contribution in [0, 0.1) is 11.8 Å². The van der Waals surface area contributed by atoms with E-state index in [-0.39, 0.29) is 0 Å². The van der Waals surface area contributed by atoms with Gasteiger partial charge in [-0.3, -0.25) is 0 Å². The number of anilines is 1. The van der Waals surface area contributed by atoms with Crippen LogP contribution < -0.4 is 5.73 Å². The van der Waals surface area contributed by atoms with Crippen LogP contribution in [-0.2, 0) is 0 Å². The predicted octanol–water partition coefficient (Wildman–Crippen LogP) is 3.73. The number of nitrogens with two attached hydrogens (primary N) is 1. The minimum absolute atomic E-state index is 0.741. The summed E-state index contributed by atoms with van der Waals surface area (Å²) in [5, 5.41) is 0. The third-order valence-corrected chi connectivity index (χ3v) is 3.11. The minimum Gasteiger partial charge on any atom is -0.399 e. The van der Waals surface area contributed by atoms with Crippen LogP contribution in [0.3, 0.4) is 0 Å². The Morgan fingerprint density at radius 2 is 1.52 bits per heavy atom. The molecule has 3 aromatic rings. The molecule has 0 unspecified atom stereocenters. The third-order valence-electron chi connectivity index (χ3n) is 3.11. The highest BCUT2D eigenvalue weighted by atomic mass is 14.6. The molecular weight excluding hydrogens is 256 g/mol. The fourth-order valence-electron chi connectivity index (χ4n) is 2.01. The lowest BCUT2D eigenvalue weighted by molar-refractivity contribution is 1.29. The lowest BCUT2D eigenvalue weighted by Crippen LogP contribution is -1.85. The van der Waals surface area contributed by atoms with Gasteiger partial charge in [0, 0.05) is 17.4 Å². The molecule has 0 aliphatic carbocycles. The normalized spacial score (nSPS) is 9.71. The van der Waals surface area contributed by atoms with Gasteiger partial charge in [-0.1, -0.05) is 36.3 Å². The number of hydrogen-bond donors (Lipinski definition) is 1. The van der Waals surface area contributed by atoms with Crippen molar-refractivity contribution in [2.75, 3.05) is 5.73 Å². The molecule has 0 atom stereocenters. The molecule has 0 saturated heterocycles. The Morgan fingerprint density at radius 3 is 2.29 bits per heavy atom. The maximum absolute atomic E-state index is 5.66. The van der Waals surface area contributed by atoms with Crippen molar-refractivity contribution in [2.24, 2.45) is 0 Å². The average Bonchev–Trinajstić information content (AvgIpc) is 2.55. The molecular formula is C19H14N2. The van der Waals surface area contributed by atoms with Gasteiger partial charge in [-0.25, -0.2) is 4.98 Å². The molecule has 0 spiro atoms. The summed E-state index contributed by atoms with van der Waals surface area (Å²) in [5.41, 5.74) is 10.4. The van der Waals surface area contributed by atoms with Gasteiger partial charge in [-0.05, 0) is 53.4 Å². The van der Waals surface area contributed by atoms with E-state index in [2.05, 4.69) is 29.0 Å². The first kappa shape index (κ1) is 13.0. The molecule has 0 bridgehead atoms. The highest BCUT2D eigenvalue weighted by molar-refractivity contribution is 5.64. The van der Waals surface area contributed by atoms with Gasteiger partial charge in [-0.15, -0.1) is 0 Å². The fourth-order valence-corrected chi connectivity index (χ4v) is 2.01. The lowest BCUT2D eigenvalue weighted by atomic mass is 10.1. The van der Waals surface area contributed by atoms with Gasteiger partial charge in [0.2, 0.25) is 0 Å². The molecule has 0 amide bonds. The van der Waals surface area contributed by atoms with Crippen molar-refractivity contribution < 1.29 is 0 Å². The molecule has 2 N–H and O–H groups in total. The van der Waals surface area contributed by atoms with Crippen LogP contribution >= 0.6 is 0 Å². The minimum atomic E-state index is 0.741. The Morgan fingerprint density at radius 1 is 0.762 bits per heavy atom. The molecule has 2 nitrogen and oxygen atoms in total. The molecule has 2 aromatic carbocycles. The average molecular weight is 270 g/mol. The van der Waals surface area contributed by atoms with E-state index in [1.54, 1.807) is 6.20 Å². The zero-order valence-corrected chi connectivity index (χ0v) is 11.5. The van der Waals surface area contributed by atoms with Crippen molar-refractivity contribution in [3.05, 3.63) is 84.2 Å². The lowest BCUT2D eigenvalue weighted by Gasteiger charge is -2.00. The Kier molecular flexibility index (Phi) is 3.66. The number of nitrogens with zero attached hydrogens (tertiary/aromatic N) is 1. The van der Waals surface area contributed by atoms with Crippen LogP contribution in [0.2, 0.25) is 0 Å². The molecule has 0 radical (unpaired) electrons. The summed E-state index contributed by atoms with van der Waals surface area (Å²) in [7, 11) is 0. The molecule has 0 aliphatic heterocycles. The van der Waals surface area contributed by atoms with E-state index in [1.807, 2.05) is 54.6 Å². The van der Waals surface area contributed by atoms with E-state index in [0.29, 0.717) is 0 Å². The van der Waals surface area contributed by atoms with Gasteiger partial charge in [-0.2, -0.15) is 0 Å². The fraction of sp³-hybridized carbons (Fsp3) is 0. The molecule has 0 saturated carbocycles. The van der Waals surface area contributed by atoms with Crippen LogP contribution in [0.25, 0.3) is 11.1 Å². The zero-order chi connectivity index (χ0) is 14.5. The van der Waals surface area contributed by atoms with Crippen LogP contribution in [0.5, 0.6) is 0 Å². The predicted molar refractivity (Wildman–Crippen MR) is 86.5 cm³/mol. The highest BCUT2D eigenvalue weighted by Crippen LogP contribution is 2.18. The van der Waals surface area contributed by atoms with Crippen LogP contribution in [-0.4, -0.2) is 4.98 Å². The molecule has 0 fully saturated rings. The topological polar surface area (TPSA) is 38.9 Å². The summed E-state index contributed by atoms with van der Waals surface area (Å²) in [6.07, 6.45) is 1.79. The highest BCUT2D eigenvalue weighted by Gasteiger charge is 1.97. The van der Waals surface area contributed by atoms with E-state index in [4.69, 9.17) is 5.73 Å². The number of benzene rings is 2. The van der Waals surface area contributed by atoms with Gasteiger partial charge in [0.05, 0.1) is 0 Å². The number of aromatic nitrogens is 1. The van der Waals surface area contributed by atoms with E-state index in [1.165, 1.54) is 0 Å². The van der Waals surface area contributed by atoms with E-state index in [0.717, 1.165) is 28.1 Å². The van der Waals surface area contributed by atoms with Gasteiger partial charge in [0.25, 0.3) is 0 Å². The Labute approximate surface area is 124 Å². The van der Waals surface area contributed by atoms with Crippen molar-refractivity contribution >= 4 is 5.69 Å². The quantitative estimate of drug-likeness (QED) is 0.540. The van der Waals surface area contributed by atoms with Crippen molar-refractivity contribution in [3.63, 3.8) is 0 Å². The number of pyridine rings is 1. The summed E-state index contributed by atoms with van der Waals surface area (Å²) in [6, 6.07) is 21.7. The molecule has 2 heteroatoms. The van der Waals surface area contributed by atoms with E-state index in [9.17, 15) is 0 Å². The van der Waals surface area contributed by atoms with Crippen LogP contribution in [0.4, 0.5) is 5.69 Å². The Bertz CT molecular complexity index is 794. The SMILES string of the molecule is Nc1ccc(C#Cc2cc(-c3ccccc3)ccn2)cc1. The van der Waals surface area contributed by atoms with Gasteiger partial charge < -0.3 is 5.73 Å². The summed E-state index contributed by atoms with van der Waals surface area (Å²) in [6.45, 7) is 0. The largest absolute Gasteiger partial charge is 0.399 e. The maximum Gasteiger partial charge on any atom is 0.114 e. The number of hydrogen-bond acceptors (Lipinski definition) is 2. The second kappa shape index (κ2) is 5.94. The summed E-state index contributed by atoms with van der Waals surface area (Å²) in [4.78, 5) is 4.30. The van der Waals surface area contributed by atoms with Crippen molar-refractivity contribution in [1.82, 2.24) is 4.98 Å². The van der Waals surface area contributed by atoms with Gasteiger partial charge >= 0.3 is 0 Å². The van der Waals surface area contributed by atoms with E-state index < -0.39 is 0 Å². The summed E-state index contributed by atoms with van der Waals surface area (Å²) in [5.74, 6) is 6.19. The van der Waals surface area contributed by atoms with E-state index >= 15 is 0 Å². The zero-order valence-electron chi connectivity index (χ0n) is 11.5. The smallest absolute Gasteiger partial charge is 0.114 e. The molecule has 1 aromatic heterocycles. The Balaban J connectivity index is 1.89. The summed E-state index contributed by atoms with van der Waals surface area (Å²) < 4.78 is 0. The number of nitrogen functional groups attached to an aromatic ring is 1. The second-order valence-corrected chi connectivity index (χ2v) is 4.67. The van der Waals surface area contributed by atoms with Crippen molar-refractivity contribution in [3.8, 4) is 23.0 Å². The Hall–Kier alpha value is -3.05. The summed E-state index contributed by atoms with van der Waals surface area (Å²) >= 11 is 0. The van der Waals surface area contributed by atoms with Crippen LogP contribution in [0.15, 0.2) is 72.9 Å². The monoisotopic (exact) mass is 270 g/mol. The molecule has 0 aliphatic rings. The standard InChI is InChI=1S/C19H14N2/c20-18-9-6-15(7-10-18)8-11-19-14-17(12-13-21-19)16-4-2-1-3-5-16/h1-7,9-10,12-14H,20H2. The molecule has 100 valence electrons.